The van der Waals surface area contributed by atoms with Crippen LogP contribution in [0.15, 0.2) is 27.8 Å². The molecule has 1 unspecified atom stereocenters. The van der Waals surface area contributed by atoms with Gasteiger partial charge >= 0.3 is 0 Å². The van der Waals surface area contributed by atoms with Gasteiger partial charge in [-0.3, -0.25) is 9.89 Å². The summed E-state index contributed by atoms with van der Waals surface area (Å²) >= 11 is 0. The van der Waals surface area contributed by atoms with Crippen molar-refractivity contribution >= 4 is 5.96 Å². The van der Waals surface area contributed by atoms with Crippen LogP contribution in [-0.2, 0) is 4.74 Å². The maximum atomic E-state index is 5.76. The van der Waals surface area contributed by atoms with Gasteiger partial charge in [0.2, 0.25) is 0 Å². The van der Waals surface area contributed by atoms with Gasteiger partial charge < -0.3 is 19.8 Å². The minimum atomic E-state index is 0.259. The standard InChI is InChI=1S/C23H40N4O2/c1-3-24-22(26-19-23(11-5-6-12-23)13-17-28-4-2)25-18-20(21-10-9-16-29-21)27-14-7-8-15-27/h9-10,16,20H,3-8,11-15,17-19H2,1-2H3,(H2,24,25,26). The highest BCUT2D eigenvalue weighted by atomic mass is 16.5. The molecule has 1 saturated carbocycles. The van der Waals surface area contributed by atoms with Crippen LogP contribution in [0.2, 0.25) is 0 Å². The zero-order valence-electron chi connectivity index (χ0n) is 18.4. The van der Waals surface area contributed by atoms with E-state index in [1.807, 2.05) is 6.07 Å². The second-order valence-corrected chi connectivity index (χ2v) is 8.50. The van der Waals surface area contributed by atoms with E-state index in [0.29, 0.717) is 5.41 Å². The molecule has 2 heterocycles. The number of nitrogens with one attached hydrogen (secondary N) is 2. The Hall–Kier alpha value is -1.53. The van der Waals surface area contributed by atoms with E-state index in [-0.39, 0.29) is 6.04 Å². The summed E-state index contributed by atoms with van der Waals surface area (Å²) in [5, 5.41) is 7.04. The summed E-state index contributed by atoms with van der Waals surface area (Å²) in [4.78, 5) is 7.54. The van der Waals surface area contributed by atoms with Crippen LogP contribution in [0.1, 0.15) is 70.6 Å². The first-order valence-corrected chi connectivity index (χ1v) is 11.6. The normalized spacial score (nSPS) is 20.8. The highest BCUT2D eigenvalue weighted by Gasteiger charge is 2.33. The van der Waals surface area contributed by atoms with Crippen molar-refractivity contribution in [1.29, 1.82) is 0 Å². The van der Waals surface area contributed by atoms with Crippen LogP contribution >= 0.6 is 0 Å². The van der Waals surface area contributed by atoms with Crippen LogP contribution in [0, 0.1) is 5.41 Å². The molecule has 2 N–H and O–H groups in total. The molecule has 0 radical (unpaired) electrons. The van der Waals surface area contributed by atoms with Gasteiger partial charge in [-0.2, -0.15) is 0 Å². The minimum absolute atomic E-state index is 0.259. The molecule has 29 heavy (non-hydrogen) atoms. The van der Waals surface area contributed by atoms with Gasteiger partial charge in [-0.15, -0.1) is 0 Å². The van der Waals surface area contributed by atoms with Crippen molar-refractivity contribution in [2.24, 2.45) is 10.4 Å². The quantitative estimate of drug-likeness (QED) is 0.332. The molecule has 1 aromatic rings. The molecule has 164 valence electrons. The van der Waals surface area contributed by atoms with E-state index in [0.717, 1.165) is 64.1 Å². The zero-order chi connectivity index (χ0) is 20.4. The van der Waals surface area contributed by atoms with Crippen LogP contribution in [0.3, 0.4) is 0 Å². The maximum Gasteiger partial charge on any atom is 0.191 e. The van der Waals surface area contributed by atoms with Gasteiger partial charge in [0.15, 0.2) is 5.96 Å². The average molecular weight is 405 g/mol. The Morgan fingerprint density at radius 2 is 2.00 bits per heavy atom. The summed E-state index contributed by atoms with van der Waals surface area (Å²) < 4.78 is 11.4. The second kappa shape index (κ2) is 11.6. The number of hydrogen-bond acceptors (Lipinski definition) is 4. The van der Waals surface area contributed by atoms with E-state index >= 15 is 0 Å². The summed E-state index contributed by atoms with van der Waals surface area (Å²) in [6.07, 6.45) is 10.6. The molecule has 6 heteroatoms. The van der Waals surface area contributed by atoms with Crippen LogP contribution in [-0.4, -0.2) is 56.8 Å². The van der Waals surface area contributed by atoms with Crippen molar-refractivity contribution in [3.8, 4) is 0 Å². The molecule has 1 aliphatic heterocycles. The van der Waals surface area contributed by atoms with Crippen molar-refractivity contribution < 1.29 is 9.15 Å². The molecule has 1 saturated heterocycles. The fourth-order valence-electron chi connectivity index (χ4n) is 4.77. The lowest BCUT2D eigenvalue weighted by Gasteiger charge is -2.29. The number of rotatable bonds is 11. The van der Waals surface area contributed by atoms with E-state index < -0.39 is 0 Å². The number of nitrogens with zero attached hydrogens (tertiary/aromatic N) is 2. The average Bonchev–Trinajstić information content (AvgIpc) is 3.50. The topological polar surface area (TPSA) is 62.0 Å². The van der Waals surface area contributed by atoms with Gasteiger partial charge in [0, 0.05) is 32.8 Å². The third-order valence-corrected chi connectivity index (χ3v) is 6.48. The molecule has 2 aliphatic rings. The molecule has 1 aliphatic carbocycles. The fourth-order valence-corrected chi connectivity index (χ4v) is 4.77. The number of hydrogen-bond donors (Lipinski definition) is 2. The zero-order valence-corrected chi connectivity index (χ0v) is 18.4. The van der Waals surface area contributed by atoms with E-state index in [1.54, 1.807) is 6.26 Å². The molecule has 1 atom stereocenters. The Morgan fingerprint density at radius 1 is 1.21 bits per heavy atom. The first-order valence-electron chi connectivity index (χ1n) is 11.6. The summed E-state index contributed by atoms with van der Waals surface area (Å²) in [5.41, 5.74) is 0.312. The smallest absolute Gasteiger partial charge is 0.191 e. The van der Waals surface area contributed by atoms with Gasteiger partial charge in [0.25, 0.3) is 0 Å². The second-order valence-electron chi connectivity index (χ2n) is 8.50. The molecular formula is C23H40N4O2. The summed E-state index contributed by atoms with van der Waals surface area (Å²) in [6.45, 7) is 10.7. The van der Waals surface area contributed by atoms with Crippen LogP contribution in [0.25, 0.3) is 0 Å². The lowest BCUT2D eigenvalue weighted by molar-refractivity contribution is 0.107. The highest BCUT2D eigenvalue weighted by molar-refractivity contribution is 5.79. The molecule has 0 spiro atoms. The monoisotopic (exact) mass is 404 g/mol. The molecule has 6 nitrogen and oxygen atoms in total. The fraction of sp³-hybridized carbons (Fsp3) is 0.783. The Bertz CT molecular complexity index is 590. The molecule has 2 fully saturated rings. The van der Waals surface area contributed by atoms with Gasteiger partial charge in [-0.05, 0) is 76.6 Å². The Morgan fingerprint density at radius 3 is 2.66 bits per heavy atom. The number of likely N-dealkylation sites (tertiary alicyclic amines) is 1. The molecule has 0 amide bonds. The Kier molecular flexibility index (Phi) is 8.87. The number of furan rings is 1. The Balaban J connectivity index is 1.61. The maximum absolute atomic E-state index is 5.76. The van der Waals surface area contributed by atoms with Crippen LogP contribution in [0.4, 0.5) is 0 Å². The van der Waals surface area contributed by atoms with Crippen molar-refractivity contribution in [3.05, 3.63) is 24.2 Å². The summed E-state index contributed by atoms with van der Waals surface area (Å²) in [5.74, 6) is 1.96. The number of guanidine groups is 1. The van der Waals surface area contributed by atoms with Crippen molar-refractivity contribution in [1.82, 2.24) is 15.5 Å². The third-order valence-electron chi connectivity index (χ3n) is 6.48. The summed E-state index contributed by atoms with van der Waals surface area (Å²) in [7, 11) is 0. The molecule has 0 aromatic carbocycles. The lowest BCUT2D eigenvalue weighted by Crippen LogP contribution is -2.43. The molecular weight excluding hydrogens is 364 g/mol. The van der Waals surface area contributed by atoms with Crippen LogP contribution < -0.4 is 10.6 Å². The number of ether oxygens (including phenoxy) is 1. The van der Waals surface area contributed by atoms with E-state index in [4.69, 9.17) is 14.1 Å². The molecule has 3 rings (SSSR count). The first-order chi connectivity index (χ1) is 14.3. The van der Waals surface area contributed by atoms with Gasteiger partial charge in [-0.1, -0.05) is 12.8 Å². The Labute approximate surface area is 176 Å². The molecule has 0 bridgehead atoms. The third kappa shape index (κ3) is 6.48. The predicted octanol–water partition coefficient (Wildman–Crippen LogP) is 3.96. The van der Waals surface area contributed by atoms with Gasteiger partial charge in [-0.25, -0.2) is 0 Å². The molecule has 1 aromatic heterocycles. The van der Waals surface area contributed by atoms with E-state index in [9.17, 15) is 0 Å². The van der Waals surface area contributed by atoms with Crippen LogP contribution in [0.5, 0.6) is 0 Å². The van der Waals surface area contributed by atoms with Crippen molar-refractivity contribution in [3.63, 3.8) is 0 Å². The van der Waals surface area contributed by atoms with Crippen molar-refractivity contribution in [2.75, 3.05) is 45.9 Å². The predicted molar refractivity (Wildman–Crippen MR) is 118 cm³/mol. The SMILES string of the molecule is CCNC(=NCC1(CCOCC)CCCC1)NCC(c1ccco1)N1CCCC1. The number of aliphatic imine (C=N–C) groups is 1. The van der Waals surface area contributed by atoms with E-state index in [2.05, 4.69) is 35.4 Å². The first kappa shape index (κ1) is 22.2. The van der Waals surface area contributed by atoms with Gasteiger partial charge in [0.1, 0.15) is 5.76 Å². The lowest BCUT2D eigenvalue weighted by atomic mass is 9.83. The largest absolute Gasteiger partial charge is 0.468 e. The van der Waals surface area contributed by atoms with Crippen molar-refractivity contribution in [2.45, 2.75) is 64.8 Å². The summed E-state index contributed by atoms with van der Waals surface area (Å²) in [6, 6.07) is 4.34. The van der Waals surface area contributed by atoms with E-state index in [1.165, 1.54) is 38.5 Å². The van der Waals surface area contributed by atoms with Gasteiger partial charge in [0.05, 0.1) is 12.3 Å². The highest BCUT2D eigenvalue weighted by Crippen LogP contribution is 2.41. The minimum Gasteiger partial charge on any atom is -0.468 e.